The van der Waals surface area contributed by atoms with Crippen LogP contribution in [0.4, 0.5) is 5.69 Å². The summed E-state index contributed by atoms with van der Waals surface area (Å²) in [6.45, 7) is 5.31. The molecule has 1 fully saturated rings. The highest BCUT2D eigenvalue weighted by Gasteiger charge is 2.37. The van der Waals surface area contributed by atoms with Gasteiger partial charge in [0.2, 0.25) is 5.91 Å². The molecule has 1 aliphatic rings. The number of carbonyl (C=O) groups is 1. The topological polar surface area (TPSA) is 69.8 Å². The van der Waals surface area contributed by atoms with Gasteiger partial charge in [-0.25, -0.2) is 0 Å². The van der Waals surface area contributed by atoms with Crippen molar-refractivity contribution in [2.45, 2.75) is 38.3 Å². The minimum Gasteiger partial charge on any atom is -0.508 e. The maximum atomic E-state index is 12.8. The average Bonchev–Trinajstić information content (AvgIpc) is 2.47. The van der Waals surface area contributed by atoms with Gasteiger partial charge in [0, 0.05) is 31.9 Å². The number of anilines is 1. The largest absolute Gasteiger partial charge is 0.508 e. The lowest BCUT2D eigenvalue weighted by molar-refractivity contribution is -0.136. The molecule has 21 heavy (non-hydrogen) atoms. The zero-order valence-electron chi connectivity index (χ0n) is 13.0. The number of carbonyl (C=O) groups excluding carboxylic acids is 1. The Balaban J connectivity index is 2.12. The highest BCUT2D eigenvalue weighted by molar-refractivity contribution is 5.89. The van der Waals surface area contributed by atoms with Crippen LogP contribution in [0.2, 0.25) is 0 Å². The Hall–Kier alpha value is -1.75. The van der Waals surface area contributed by atoms with Gasteiger partial charge in [-0.05, 0) is 51.0 Å². The van der Waals surface area contributed by atoms with E-state index < -0.39 is 5.54 Å². The predicted molar refractivity (Wildman–Crippen MR) is 84.4 cm³/mol. The molecular weight excluding hydrogens is 266 g/mol. The summed E-state index contributed by atoms with van der Waals surface area (Å²) in [5.74, 6) is 0.339. The van der Waals surface area contributed by atoms with Crippen LogP contribution in [0.25, 0.3) is 0 Å². The molecule has 3 N–H and O–H groups in total. The molecule has 1 saturated heterocycles. The van der Waals surface area contributed by atoms with Crippen LogP contribution in [0.15, 0.2) is 24.3 Å². The minimum atomic E-state index is -0.640. The van der Waals surface area contributed by atoms with Crippen LogP contribution < -0.4 is 10.6 Å². The van der Waals surface area contributed by atoms with Gasteiger partial charge in [-0.1, -0.05) is 0 Å². The van der Waals surface area contributed by atoms with Crippen molar-refractivity contribution in [3.63, 3.8) is 0 Å². The number of aromatic hydroxyl groups is 1. The highest BCUT2D eigenvalue weighted by Crippen LogP contribution is 2.26. The molecule has 0 atom stereocenters. The minimum absolute atomic E-state index is 0.116. The number of hydrogen-bond donors (Lipinski definition) is 2. The van der Waals surface area contributed by atoms with Gasteiger partial charge >= 0.3 is 0 Å². The number of piperidine rings is 1. The second kappa shape index (κ2) is 5.93. The number of nitrogens with two attached hydrogens (primary N) is 1. The number of hydrogen-bond acceptors (Lipinski definition) is 4. The van der Waals surface area contributed by atoms with E-state index in [-0.39, 0.29) is 17.7 Å². The molecule has 0 saturated carbocycles. The normalized spacial score (nSPS) is 16.9. The van der Waals surface area contributed by atoms with E-state index >= 15 is 0 Å². The second-order valence-electron chi connectivity index (χ2n) is 6.26. The van der Waals surface area contributed by atoms with Gasteiger partial charge < -0.3 is 20.6 Å². The molecule has 1 aliphatic heterocycles. The van der Waals surface area contributed by atoms with Gasteiger partial charge in [0.1, 0.15) is 11.3 Å². The average molecular weight is 291 g/mol. The molecule has 5 heteroatoms. The first-order valence-corrected chi connectivity index (χ1v) is 7.40. The van der Waals surface area contributed by atoms with Crippen molar-refractivity contribution in [2.24, 2.45) is 5.73 Å². The first-order valence-electron chi connectivity index (χ1n) is 7.40. The number of likely N-dealkylation sites (N-methyl/N-ethyl adjacent to an activating group) is 1. The van der Waals surface area contributed by atoms with Crippen molar-refractivity contribution in [1.29, 1.82) is 0 Å². The van der Waals surface area contributed by atoms with Gasteiger partial charge in [0.25, 0.3) is 0 Å². The summed E-state index contributed by atoms with van der Waals surface area (Å²) in [5, 5.41) is 9.37. The van der Waals surface area contributed by atoms with Crippen LogP contribution >= 0.6 is 0 Å². The molecule has 1 heterocycles. The Labute approximate surface area is 126 Å². The monoisotopic (exact) mass is 291 g/mol. The number of benzene rings is 1. The van der Waals surface area contributed by atoms with Crippen LogP contribution in [-0.2, 0) is 4.79 Å². The summed E-state index contributed by atoms with van der Waals surface area (Å²) in [4.78, 5) is 16.7. The van der Waals surface area contributed by atoms with E-state index in [1.54, 1.807) is 12.1 Å². The zero-order valence-corrected chi connectivity index (χ0v) is 13.0. The Kier molecular flexibility index (Phi) is 4.42. The lowest BCUT2D eigenvalue weighted by atomic mass is 9.97. The number of nitrogens with zero attached hydrogens (tertiary/aromatic N) is 2. The summed E-state index contributed by atoms with van der Waals surface area (Å²) in [6, 6.07) is 7.11. The molecule has 0 bridgehead atoms. The molecule has 0 radical (unpaired) electrons. The van der Waals surface area contributed by atoms with Gasteiger partial charge in [0.15, 0.2) is 0 Å². The van der Waals surface area contributed by atoms with E-state index in [1.165, 1.54) is 0 Å². The molecular formula is C16H25N3O2. The Morgan fingerprint density at radius 3 is 2.33 bits per heavy atom. The van der Waals surface area contributed by atoms with Crippen LogP contribution in [0.1, 0.15) is 26.7 Å². The highest BCUT2D eigenvalue weighted by atomic mass is 16.3. The molecule has 2 rings (SSSR count). The predicted octanol–water partition coefficient (Wildman–Crippen LogP) is 1.56. The molecule has 5 nitrogen and oxygen atoms in total. The fourth-order valence-electron chi connectivity index (χ4n) is 2.63. The van der Waals surface area contributed by atoms with E-state index in [9.17, 15) is 9.90 Å². The van der Waals surface area contributed by atoms with Crippen molar-refractivity contribution in [3.8, 4) is 5.75 Å². The molecule has 0 spiro atoms. The van der Waals surface area contributed by atoms with Crippen LogP contribution in [0, 0.1) is 0 Å². The van der Waals surface area contributed by atoms with Crippen LogP contribution in [0.5, 0.6) is 5.75 Å². The maximum absolute atomic E-state index is 12.8. The Morgan fingerprint density at radius 2 is 1.81 bits per heavy atom. The third-order valence-corrected chi connectivity index (χ3v) is 4.43. The Morgan fingerprint density at radius 1 is 1.29 bits per heavy atom. The molecule has 0 aliphatic carbocycles. The lowest BCUT2D eigenvalue weighted by Crippen LogP contribution is -2.57. The van der Waals surface area contributed by atoms with Gasteiger partial charge in [-0.2, -0.15) is 0 Å². The fraction of sp³-hybridized carbons (Fsp3) is 0.562. The molecule has 1 amide bonds. The molecule has 116 valence electrons. The quantitative estimate of drug-likeness (QED) is 0.886. The summed E-state index contributed by atoms with van der Waals surface area (Å²) in [6.07, 6.45) is 1.73. The van der Waals surface area contributed by atoms with E-state index in [0.29, 0.717) is 0 Å². The SMILES string of the molecule is CN(c1ccc(O)cc1)C(C)(C)C(=O)N1CCC(N)CC1. The molecule has 1 aromatic carbocycles. The smallest absolute Gasteiger partial charge is 0.247 e. The summed E-state index contributed by atoms with van der Waals surface area (Å²) in [7, 11) is 1.90. The van der Waals surface area contributed by atoms with Gasteiger partial charge in [-0.15, -0.1) is 0 Å². The summed E-state index contributed by atoms with van der Waals surface area (Å²) >= 11 is 0. The third-order valence-electron chi connectivity index (χ3n) is 4.43. The number of rotatable bonds is 3. The second-order valence-corrected chi connectivity index (χ2v) is 6.26. The van der Waals surface area contributed by atoms with Crippen LogP contribution in [-0.4, -0.2) is 47.6 Å². The van der Waals surface area contributed by atoms with Crippen molar-refractivity contribution >= 4 is 11.6 Å². The van der Waals surface area contributed by atoms with E-state index in [2.05, 4.69) is 0 Å². The van der Waals surface area contributed by atoms with Crippen LogP contribution in [0.3, 0.4) is 0 Å². The number of likely N-dealkylation sites (tertiary alicyclic amines) is 1. The number of phenolic OH excluding ortho intramolecular Hbond substituents is 1. The first kappa shape index (κ1) is 15.6. The van der Waals surface area contributed by atoms with Crippen molar-refractivity contribution in [2.75, 3.05) is 25.0 Å². The van der Waals surface area contributed by atoms with Crippen molar-refractivity contribution in [3.05, 3.63) is 24.3 Å². The molecule has 1 aromatic rings. The number of phenols is 1. The number of amides is 1. The van der Waals surface area contributed by atoms with Crippen molar-refractivity contribution in [1.82, 2.24) is 4.90 Å². The standard InChI is InChI=1S/C16H25N3O2/c1-16(2,15(21)19-10-8-12(17)9-11-19)18(3)13-4-6-14(20)7-5-13/h4-7,12,20H,8-11,17H2,1-3H3. The van der Waals surface area contributed by atoms with E-state index in [0.717, 1.165) is 31.6 Å². The van der Waals surface area contributed by atoms with Gasteiger partial charge in [0.05, 0.1) is 0 Å². The summed E-state index contributed by atoms with van der Waals surface area (Å²) in [5.41, 5.74) is 6.16. The zero-order chi connectivity index (χ0) is 15.6. The first-order chi connectivity index (χ1) is 9.82. The van der Waals surface area contributed by atoms with Crippen molar-refractivity contribution < 1.29 is 9.90 Å². The third kappa shape index (κ3) is 3.29. The molecule has 0 unspecified atom stereocenters. The van der Waals surface area contributed by atoms with E-state index in [4.69, 9.17) is 5.73 Å². The molecule has 0 aromatic heterocycles. The lowest BCUT2D eigenvalue weighted by Gasteiger charge is -2.41. The summed E-state index contributed by atoms with van der Waals surface area (Å²) < 4.78 is 0. The Bertz CT molecular complexity index is 491. The maximum Gasteiger partial charge on any atom is 0.247 e. The fourth-order valence-corrected chi connectivity index (χ4v) is 2.63. The van der Waals surface area contributed by atoms with Gasteiger partial charge in [-0.3, -0.25) is 4.79 Å². The van der Waals surface area contributed by atoms with E-state index in [1.807, 2.05) is 42.8 Å².